The number of benzene rings is 1. The van der Waals surface area contributed by atoms with E-state index in [1.807, 2.05) is 18.2 Å². The van der Waals surface area contributed by atoms with Crippen LogP contribution in [0, 0.1) is 5.92 Å². The highest BCUT2D eigenvalue weighted by molar-refractivity contribution is 5.18. The van der Waals surface area contributed by atoms with Crippen molar-refractivity contribution >= 4 is 0 Å². The molecule has 2 heteroatoms. The first-order valence-corrected chi connectivity index (χ1v) is 6.79. The smallest absolute Gasteiger partial charge is 0.0306 e. The van der Waals surface area contributed by atoms with Crippen molar-refractivity contribution in [3.8, 4) is 0 Å². The maximum absolute atomic E-state index is 6.14. The maximum atomic E-state index is 6.14. The lowest BCUT2D eigenvalue weighted by atomic mass is 10.0. The minimum absolute atomic E-state index is 0.158. The van der Waals surface area contributed by atoms with Crippen molar-refractivity contribution in [3.05, 3.63) is 35.9 Å². The molecule has 0 amide bonds. The van der Waals surface area contributed by atoms with E-state index in [4.69, 9.17) is 5.73 Å². The SMILES string of the molecule is CCC(CC)CNCCC(N)c1ccccc1. The van der Waals surface area contributed by atoms with Gasteiger partial charge < -0.3 is 11.1 Å². The highest BCUT2D eigenvalue weighted by atomic mass is 14.9. The molecule has 1 atom stereocenters. The Morgan fingerprint density at radius 2 is 1.76 bits per heavy atom. The first kappa shape index (κ1) is 14.2. The molecule has 0 aliphatic rings. The molecule has 0 aliphatic heterocycles. The van der Waals surface area contributed by atoms with Crippen molar-refractivity contribution in [2.24, 2.45) is 11.7 Å². The molecular weight excluding hydrogens is 208 g/mol. The van der Waals surface area contributed by atoms with E-state index in [-0.39, 0.29) is 6.04 Å². The Morgan fingerprint density at radius 3 is 2.35 bits per heavy atom. The van der Waals surface area contributed by atoms with Gasteiger partial charge in [-0.25, -0.2) is 0 Å². The Kier molecular flexibility index (Phi) is 6.90. The number of nitrogens with two attached hydrogens (primary N) is 1. The zero-order chi connectivity index (χ0) is 12.5. The van der Waals surface area contributed by atoms with E-state index in [9.17, 15) is 0 Å². The molecule has 0 aromatic heterocycles. The number of nitrogens with one attached hydrogen (secondary N) is 1. The van der Waals surface area contributed by atoms with Gasteiger partial charge in [0.15, 0.2) is 0 Å². The summed E-state index contributed by atoms with van der Waals surface area (Å²) in [7, 11) is 0. The lowest BCUT2D eigenvalue weighted by Crippen LogP contribution is -2.26. The summed E-state index contributed by atoms with van der Waals surface area (Å²) < 4.78 is 0. The molecule has 0 saturated carbocycles. The number of hydrogen-bond donors (Lipinski definition) is 2. The van der Waals surface area contributed by atoms with Crippen LogP contribution in [0.3, 0.4) is 0 Å². The van der Waals surface area contributed by atoms with Gasteiger partial charge in [0.25, 0.3) is 0 Å². The molecule has 1 rings (SSSR count). The molecule has 0 radical (unpaired) electrons. The van der Waals surface area contributed by atoms with Gasteiger partial charge >= 0.3 is 0 Å². The zero-order valence-electron chi connectivity index (χ0n) is 11.2. The van der Waals surface area contributed by atoms with Crippen molar-refractivity contribution in [2.75, 3.05) is 13.1 Å². The minimum Gasteiger partial charge on any atom is -0.324 e. The van der Waals surface area contributed by atoms with Crippen LogP contribution in [0.4, 0.5) is 0 Å². The molecule has 0 saturated heterocycles. The summed E-state index contributed by atoms with van der Waals surface area (Å²) in [5.41, 5.74) is 7.37. The van der Waals surface area contributed by atoms with Gasteiger partial charge in [0.2, 0.25) is 0 Å². The van der Waals surface area contributed by atoms with Gasteiger partial charge in [0, 0.05) is 6.04 Å². The quantitative estimate of drug-likeness (QED) is 0.678. The molecular formula is C15H26N2. The second-order valence-corrected chi connectivity index (χ2v) is 4.69. The largest absolute Gasteiger partial charge is 0.324 e. The van der Waals surface area contributed by atoms with E-state index in [1.165, 1.54) is 18.4 Å². The lowest BCUT2D eigenvalue weighted by molar-refractivity contribution is 0.441. The highest BCUT2D eigenvalue weighted by Crippen LogP contribution is 2.12. The van der Waals surface area contributed by atoms with Crippen molar-refractivity contribution in [2.45, 2.75) is 39.2 Å². The van der Waals surface area contributed by atoms with Gasteiger partial charge in [-0.3, -0.25) is 0 Å². The van der Waals surface area contributed by atoms with E-state index in [2.05, 4.69) is 31.3 Å². The first-order chi connectivity index (χ1) is 8.27. The lowest BCUT2D eigenvalue weighted by Gasteiger charge is -2.15. The van der Waals surface area contributed by atoms with Crippen molar-refractivity contribution in [3.63, 3.8) is 0 Å². The fourth-order valence-corrected chi connectivity index (χ4v) is 2.01. The van der Waals surface area contributed by atoms with E-state index < -0.39 is 0 Å². The van der Waals surface area contributed by atoms with Crippen molar-refractivity contribution < 1.29 is 0 Å². The normalized spacial score (nSPS) is 12.9. The van der Waals surface area contributed by atoms with Gasteiger partial charge in [0.1, 0.15) is 0 Å². The van der Waals surface area contributed by atoms with E-state index in [1.54, 1.807) is 0 Å². The molecule has 0 aliphatic carbocycles. The van der Waals surface area contributed by atoms with Gasteiger partial charge in [-0.05, 0) is 31.0 Å². The number of hydrogen-bond acceptors (Lipinski definition) is 2. The Morgan fingerprint density at radius 1 is 1.12 bits per heavy atom. The molecule has 1 aromatic carbocycles. The Balaban J connectivity index is 2.19. The molecule has 1 unspecified atom stereocenters. The van der Waals surface area contributed by atoms with Gasteiger partial charge in [0.05, 0.1) is 0 Å². The molecule has 1 aromatic rings. The van der Waals surface area contributed by atoms with Crippen LogP contribution >= 0.6 is 0 Å². The van der Waals surface area contributed by atoms with Gasteiger partial charge in [-0.2, -0.15) is 0 Å². The fraction of sp³-hybridized carbons (Fsp3) is 0.600. The molecule has 3 N–H and O–H groups in total. The van der Waals surface area contributed by atoms with Crippen LogP contribution in [0.25, 0.3) is 0 Å². The van der Waals surface area contributed by atoms with Gasteiger partial charge in [-0.15, -0.1) is 0 Å². The molecule has 0 bridgehead atoms. The Bertz CT molecular complexity index is 280. The summed E-state index contributed by atoms with van der Waals surface area (Å²) >= 11 is 0. The third-order valence-corrected chi connectivity index (χ3v) is 3.45. The van der Waals surface area contributed by atoms with E-state index >= 15 is 0 Å². The third kappa shape index (κ3) is 5.33. The standard InChI is InChI=1S/C15H26N2/c1-3-13(4-2)12-17-11-10-15(16)14-8-6-5-7-9-14/h5-9,13,15,17H,3-4,10-12,16H2,1-2H3. The van der Waals surface area contributed by atoms with Gasteiger partial charge in [-0.1, -0.05) is 57.0 Å². The summed E-state index contributed by atoms with van der Waals surface area (Å²) in [6, 6.07) is 10.5. The summed E-state index contributed by atoms with van der Waals surface area (Å²) in [6.45, 7) is 6.64. The van der Waals surface area contributed by atoms with Crippen LogP contribution in [-0.4, -0.2) is 13.1 Å². The van der Waals surface area contributed by atoms with Crippen molar-refractivity contribution in [1.82, 2.24) is 5.32 Å². The van der Waals surface area contributed by atoms with E-state index in [0.29, 0.717) is 0 Å². The minimum atomic E-state index is 0.158. The molecule has 0 fully saturated rings. The summed E-state index contributed by atoms with van der Waals surface area (Å²) in [5.74, 6) is 0.808. The van der Waals surface area contributed by atoms with Crippen LogP contribution in [0.2, 0.25) is 0 Å². The van der Waals surface area contributed by atoms with Crippen LogP contribution in [0.5, 0.6) is 0 Å². The van der Waals surface area contributed by atoms with Crippen LogP contribution in [-0.2, 0) is 0 Å². The summed E-state index contributed by atoms with van der Waals surface area (Å²) in [4.78, 5) is 0. The monoisotopic (exact) mass is 234 g/mol. The molecule has 2 nitrogen and oxygen atoms in total. The summed E-state index contributed by atoms with van der Waals surface area (Å²) in [6.07, 6.45) is 3.52. The highest BCUT2D eigenvalue weighted by Gasteiger charge is 2.06. The Hall–Kier alpha value is -0.860. The fourth-order valence-electron chi connectivity index (χ4n) is 2.01. The van der Waals surface area contributed by atoms with Crippen molar-refractivity contribution in [1.29, 1.82) is 0 Å². The van der Waals surface area contributed by atoms with Crippen LogP contribution in [0.1, 0.15) is 44.7 Å². The average molecular weight is 234 g/mol. The molecule has 0 spiro atoms. The zero-order valence-corrected chi connectivity index (χ0v) is 11.2. The van der Waals surface area contributed by atoms with Crippen LogP contribution < -0.4 is 11.1 Å². The second kappa shape index (κ2) is 8.26. The first-order valence-electron chi connectivity index (χ1n) is 6.79. The molecule has 96 valence electrons. The maximum Gasteiger partial charge on any atom is 0.0306 e. The third-order valence-electron chi connectivity index (χ3n) is 3.45. The average Bonchev–Trinajstić information content (AvgIpc) is 2.40. The summed E-state index contributed by atoms with van der Waals surface area (Å²) in [5, 5.41) is 3.51. The molecule has 0 heterocycles. The second-order valence-electron chi connectivity index (χ2n) is 4.69. The predicted octanol–water partition coefficient (Wildman–Crippen LogP) is 3.10. The Labute approximate surface area is 106 Å². The molecule has 17 heavy (non-hydrogen) atoms. The topological polar surface area (TPSA) is 38.0 Å². The number of rotatable bonds is 8. The predicted molar refractivity (Wildman–Crippen MR) is 74.9 cm³/mol. The van der Waals surface area contributed by atoms with Crippen LogP contribution in [0.15, 0.2) is 30.3 Å². The van der Waals surface area contributed by atoms with E-state index in [0.717, 1.165) is 25.4 Å².